The first kappa shape index (κ1) is 24.1. The molecule has 3 N–H and O–H groups in total. The summed E-state index contributed by atoms with van der Waals surface area (Å²) in [7, 11) is 0. The van der Waals surface area contributed by atoms with E-state index in [0.29, 0.717) is 28.2 Å². The highest BCUT2D eigenvalue weighted by Crippen LogP contribution is 2.39. The largest absolute Gasteiger partial charge is 0.469 e. The van der Waals surface area contributed by atoms with E-state index < -0.39 is 17.9 Å². The predicted molar refractivity (Wildman–Crippen MR) is 123 cm³/mol. The van der Waals surface area contributed by atoms with Crippen molar-refractivity contribution in [2.75, 3.05) is 12.3 Å². The van der Waals surface area contributed by atoms with Crippen LogP contribution in [0.3, 0.4) is 0 Å². The van der Waals surface area contributed by atoms with Gasteiger partial charge in [-0.1, -0.05) is 0 Å². The zero-order valence-corrected chi connectivity index (χ0v) is 19.0. The maximum Gasteiger partial charge on any atom is 0.280 e. The molecule has 4 rings (SSSR count). The second kappa shape index (κ2) is 10.1. The Morgan fingerprint density at radius 1 is 1.09 bits per heavy atom. The Hall–Kier alpha value is -3.99. The van der Waals surface area contributed by atoms with Gasteiger partial charge in [-0.2, -0.15) is 4.98 Å². The number of anilines is 1. The molecule has 4 aromatic rings. The average Bonchev–Trinajstić information content (AvgIpc) is 3.30. The van der Waals surface area contributed by atoms with E-state index in [1.165, 1.54) is 30.3 Å². The fourth-order valence-corrected chi connectivity index (χ4v) is 3.67. The number of pyridine rings is 1. The van der Waals surface area contributed by atoms with E-state index in [2.05, 4.69) is 19.9 Å². The molecule has 3 aromatic heterocycles. The van der Waals surface area contributed by atoms with Crippen molar-refractivity contribution in [3.63, 3.8) is 0 Å². The molecule has 11 heteroatoms. The van der Waals surface area contributed by atoms with Gasteiger partial charge in [-0.15, -0.1) is 0 Å². The number of aliphatic hydroxyl groups is 1. The van der Waals surface area contributed by atoms with Crippen molar-refractivity contribution >= 4 is 5.95 Å². The smallest absolute Gasteiger partial charge is 0.280 e. The topological polar surface area (TPSA) is 112 Å². The zero-order valence-electron chi connectivity index (χ0n) is 19.0. The van der Waals surface area contributed by atoms with Crippen molar-refractivity contribution < 1.29 is 23.0 Å². The monoisotopic (exact) mass is 484 g/mol. The number of halogens is 3. The SMILES string of the molecule is Cc1cc(-c2c(OCc3nccn3C(C)CO)nc(N)nc2-c2ccc(F)cc2)cc(C(F)F)n1. The molecule has 0 saturated carbocycles. The first-order valence-electron chi connectivity index (χ1n) is 10.7. The third-order valence-electron chi connectivity index (χ3n) is 5.32. The van der Waals surface area contributed by atoms with Crippen LogP contribution in [0.4, 0.5) is 19.1 Å². The van der Waals surface area contributed by atoms with Crippen LogP contribution in [0.15, 0.2) is 48.8 Å². The molecule has 0 spiro atoms. The van der Waals surface area contributed by atoms with Gasteiger partial charge >= 0.3 is 0 Å². The standard InChI is InChI=1S/C24H23F3N6O2/c1-13-9-16(10-18(30-13)22(26)27)20-21(15-3-5-17(25)6-4-15)31-24(28)32-23(20)35-12-19-29-7-8-33(19)14(2)11-34/h3-10,14,22,34H,11-12H2,1-2H3,(H2,28,31,32). The first-order chi connectivity index (χ1) is 16.8. The summed E-state index contributed by atoms with van der Waals surface area (Å²) in [6.07, 6.45) is 0.486. The van der Waals surface area contributed by atoms with E-state index in [9.17, 15) is 18.3 Å². The molecule has 0 amide bonds. The van der Waals surface area contributed by atoms with Gasteiger partial charge in [-0.05, 0) is 55.8 Å². The molecule has 0 saturated heterocycles. The lowest BCUT2D eigenvalue weighted by molar-refractivity contribution is 0.146. The van der Waals surface area contributed by atoms with Crippen LogP contribution in [0.25, 0.3) is 22.4 Å². The van der Waals surface area contributed by atoms with Crippen molar-refractivity contribution in [2.45, 2.75) is 32.9 Å². The van der Waals surface area contributed by atoms with Crippen LogP contribution in [0.5, 0.6) is 5.88 Å². The van der Waals surface area contributed by atoms with Crippen LogP contribution in [0.2, 0.25) is 0 Å². The fraction of sp³-hybridized carbons (Fsp3) is 0.250. The molecule has 0 aliphatic rings. The third kappa shape index (κ3) is 5.24. The summed E-state index contributed by atoms with van der Waals surface area (Å²) < 4.78 is 48.4. The van der Waals surface area contributed by atoms with Crippen molar-refractivity contribution in [2.24, 2.45) is 0 Å². The number of hydrogen-bond donors (Lipinski definition) is 2. The number of hydrogen-bond acceptors (Lipinski definition) is 7. The Morgan fingerprint density at radius 2 is 1.83 bits per heavy atom. The van der Waals surface area contributed by atoms with Crippen molar-refractivity contribution in [1.82, 2.24) is 24.5 Å². The molecular formula is C24H23F3N6O2. The molecule has 182 valence electrons. The number of rotatable bonds is 8. The second-order valence-electron chi connectivity index (χ2n) is 7.91. The van der Waals surface area contributed by atoms with E-state index in [1.807, 2.05) is 6.92 Å². The van der Waals surface area contributed by atoms with Crippen LogP contribution < -0.4 is 10.5 Å². The first-order valence-corrected chi connectivity index (χ1v) is 10.7. The lowest BCUT2D eigenvalue weighted by Gasteiger charge is -2.18. The molecule has 1 unspecified atom stereocenters. The second-order valence-corrected chi connectivity index (χ2v) is 7.91. The van der Waals surface area contributed by atoms with Gasteiger partial charge in [0.2, 0.25) is 11.8 Å². The molecule has 0 aliphatic carbocycles. The summed E-state index contributed by atoms with van der Waals surface area (Å²) >= 11 is 0. The molecule has 8 nitrogen and oxygen atoms in total. The van der Waals surface area contributed by atoms with Crippen LogP contribution in [-0.4, -0.2) is 36.2 Å². The van der Waals surface area contributed by atoms with E-state index in [-0.39, 0.29) is 36.8 Å². The number of nitrogens with two attached hydrogens (primary N) is 1. The van der Waals surface area contributed by atoms with Gasteiger partial charge in [0.25, 0.3) is 6.43 Å². The number of aliphatic hydroxyl groups excluding tert-OH is 1. The summed E-state index contributed by atoms with van der Waals surface area (Å²) in [6.45, 7) is 3.27. The van der Waals surface area contributed by atoms with Crippen LogP contribution >= 0.6 is 0 Å². The Bertz CT molecular complexity index is 1330. The summed E-state index contributed by atoms with van der Waals surface area (Å²) in [5.74, 6) is -0.0144. The average molecular weight is 484 g/mol. The summed E-state index contributed by atoms with van der Waals surface area (Å²) in [6, 6.07) is 8.12. The minimum Gasteiger partial charge on any atom is -0.469 e. The van der Waals surface area contributed by atoms with E-state index in [4.69, 9.17) is 10.5 Å². The highest BCUT2D eigenvalue weighted by molar-refractivity contribution is 5.85. The summed E-state index contributed by atoms with van der Waals surface area (Å²) in [5.41, 5.74) is 7.32. The normalized spacial score (nSPS) is 12.2. The fourth-order valence-electron chi connectivity index (χ4n) is 3.67. The Kier molecular flexibility index (Phi) is 6.97. The highest BCUT2D eigenvalue weighted by atomic mass is 19.3. The minimum atomic E-state index is -2.80. The Labute approximate surface area is 199 Å². The zero-order chi connectivity index (χ0) is 25.1. The minimum absolute atomic E-state index is 0.0360. The number of nitrogens with zero attached hydrogens (tertiary/aromatic N) is 5. The van der Waals surface area contributed by atoms with Gasteiger partial charge < -0.3 is 20.1 Å². The molecule has 3 heterocycles. The van der Waals surface area contributed by atoms with Gasteiger partial charge in [0, 0.05) is 23.7 Å². The number of alkyl halides is 2. The van der Waals surface area contributed by atoms with Gasteiger partial charge in [0.05, 0.1) is 23.9 Å². The highest BCUT2D eigenvalue weighted by Gasteiger charge is 2.22. The number of imidazole rings is 1. The Morgan fingerprint density at radius 3 is 2.51 bits per heavy atom. The summed E-state index contributed by atoms with van der Waals surface area (Å²) in [4.78, 5) is 16.7. The van der Waals surface area contributed by atoms with Gasteiger partial charge in [-0.25, -0.2) is 23.1 Å². The number of ether oxygens (including phenoxy) is 1. The van der Waals surface area contributed by atoms with E-state index >= 15 is 0 Å². The lowest BCUT2D eigenvalue weighted by Crippen LogP contribution is -2.14. The van der Waals surface area contributed by atoms with E-state index in [0.717, 1.165) is 0 Å². The van der Waals surface area contributed by atoms with Crippen molar-refractivity contribution in [3.05, 3.63) is 71.8 Å². The third-order valence-corrected chi connectivity index (χ3v) is 5.32. The maximum absolute atomic E-state index is 13.6. The summed E-state index contributed by atoms with van der Waals surface area (Å²) in [5, 5.41) is 9.50. The van der Waals surface area contributed by atoms with E-state index in [1.54, 1.807) is 30.0 Å². The molecule has 1 atom stereocenters. The number of aryl methyl sites for hydroxylation is 1. The molecule has 0 radical (unpaired) electrons. The molecule has 0 aliphatic heterocycles. The molecule has 1 aromatic carbocycles. The molecule has 35 heavy (non-hydrogen) atoms. The number of aromatic nitrogens is 5. The molecular weight excluding hydrogens is 461 g/mol. The maximum atomic E-state index is 13.6. The quantitative estimate of drug-likeness (QED) is 0.379. The van der Waals surface area contributed by atoms with Crippen LogP contribution in [-0.2, 0) is 6.61 Å². The Balaban J connectivity index is 1.87. The molecule has 0 bridgehead atoms. The predicted octanol–water partition coefficient (Wildman–Crippen LogP) is 4.50. The number of nitrogen functional groups attached to an aromatic ring is 1. The molecule has 0 fully saturated rings. The van der Waals surface area contributed by atoms with Gasteiger partial charge in [-0.3, -0.25) is 4.98 Å². The lowest BCUT2D eigenvalue weighted by atomic mass is 9.99. The number of benzene rings is 1. The van der Waals surface area contributed by atoms with Crippen LogP contribution in [0, 0.1) is 12.7 Å². The van der Waals surface area contributed by atoms with Crippen molar-refractivity contribution in [3.8, 4) is 28.3 Å². The van der Waals surface area contributed by atoms with Gasteiger partial charge in [0.1, 0.15) is 23.9 Å². The van der Waals surface area contributed by atoms with Crippen molar-refractivity contribution in [1.29, 1.82) is 0 Å². The van der Waals surface area contributed by atoms with Crippen LogP contribution in [0.1, 0.15) is 36.6 Å². The van der Waals surface area contributed by atoms with Gasteiger partial charge in [0.15, 0.2) is 0 Å².